The minimum Gasteiger partial charge on any atom is -0.351 e. The topological polar surface area (TPSA) is 109 Å². The Morgan fingerprint density at radius 1 is 1.11 bits per heavy atom. The average molecular weight is 519 g/mol. The van der Waals surface area contributed by atoms with E-state index in [1.165, 1.54) is 6.07 Å². The summed E-state index contributed by atoms with van der Waals surface area (Å²) in [4.78, 5) is 24.0. The second-order valence-corrected chi connectivity index (χ2v) is 11.9. The molecule has 10 heteroatoms. The van der Waals surface area contributed by atoms with Crippen LogP contribution in [0.2, 0.25) is 0 Å². The standard InChI is InChI=1S/C27H30N6O3S/c1-18-16-27(2,3)33(17-18)25-21(7-6-13-28-25)26(34)31-37(35,36)24-9-5-8-23(30-24)29-20-10-11-22-19(15-20)12-14-32(22)4/h5-15,18H,16-17H2,1-4H3,(H,29,30)(H,31,34). The highest BCUT2D eigenvalue weighted by Crippen LogP contribution is 2.37. The molecule has 5 rings (SSSR count). The van der Waals surface area contributed by atoms with Gasteiger partial charge in [-0.25, -0.2) is 14.7 Å². The highest BCUT2D eigenvalue weighted by Gasteiger charge is 2.39. The van der Waals surface area contributed by atoms with Crippen molar-refractivity contribution >= 4 is 44.2 Å². The van der Waals surface area contributed by atoms with Crippen LogP contribution in [0, 0.1) is 5.92 Å². The zero-order valence-electron chi connectivity index (χ0n) is 21.3. The van der Waals surface area contributed by atoms with Crippen molar-refractivity contribution < 1.29 is 13.2 Å². The number of nitrogens with zero attached hydrogens (tertiary/aromatic N) is 4. The number of fused-ring (bicyclic) bond motifs is 1. The number of rotatable bonds is 6. The number of hydrogen-bond acceptors (Lipinski definition) is 7. The Balaban J connectivity index is 1.37. The first-order valence-corrected chi connectivity index (χ1v) is 13.6. The molecule has 1 fully saturated rings. The first-order chi connectivity index (χ1) is 17.5. The third kappa shape index (κ3) is 4.89. The molecule has 0 saturated carbocycles. The van der Waals surface area contributed by atoms with Crippen molar-refractivity contribution in [3.63, 3.8) is 0 Å². The third-order valence-electron chi connectivity index (χ3n) is 6.74. The minimum atomic E-state index is -4.23. The third-order valence-corrected chi connectivity index (χ3v) is 7.98. The molecule has 1 atom stereocenters. The number of carbonyl (C=O) groups is 1. The summed E-state index contributed by atoms with van der Waals surface area (Å²) < 4.78 is 30.5. The van der Waals surface area contributed by atoms with Crippen molar-refractivity contribution in [2.24, 2.45) is 13.0 Å². The van der Waals surface area contributed by atoms with Gasteiger partial charge in [-0.1, -0.05) is 13.0 Å². The fourth-order valence-corrected chi connectivity index (χ4v) is 6.05. The zero-order valence-corrected chi connectivity index (χ0v) is 22.1. The lowest BCUT2D eigenvalue weighted by Gasteiger charge is -2.33. The first kappa shape index (κ1) is 24.8. The van der Waals surface area contributed by atoms with Crippen molar-refractivity contribution in [1.29, 1.82) is 0 Å². The van der Waals surface area contributed by atoms with E-state index in [0.717, 1.165) is 29.6 Å². The smallest absolute Gasteiger partial charge is 0.281 e. The number of sulfonamides is 1. The van der Waals surface area contributed by atoms with E-state index < -0.39 is 15.9 Å². The summed E-state index contributed by atoms with van der Waals surface area (Å²) >= 11 is 0. The normalized spacial score (nSPS) is 17.2. The fraction of sp³-hybridized carbons (Fsp3) is 0.296. The Kier molecular flexibility index (Phi) is 6.15. The molecule has 4 aromatic rings. The number of carbonyl (C=O) groups excluding carboxylic acids is 1. The van der Waals surface area contributed by atoms with Gasteiger partial charge in [-0.2, -0.15) is 8.42 Å². The van der Waals surface area contributed by atoms with E-state index in [4.69, 9.17) is 0 Å². The van der Waals surface area contributed by atoms with E-state index in [1.807, 2.05) is 42.1 Å². The summed E-state index contributed by atoms with van der Waals surface area (Å²) in [5.74, 6) is 0.511. The van der Waals surface area contributed by atoms with Crippen LogP contribution < -0.4 is 14.9 Å². The molecular weight excluding hydrogens is 488 g/mol. The van der Waals surface area contributed by atoms with E-state index in [0.29, 0.717) is 17.6 Å². The number of benzene rings is 1. The average Bonchev–Trinajstić information content (AvgIpc) is 3.35. The number of aromatic nitrogens is 3. The SMILES string of the molecule is CC1CN(c2ncccc2C(=O)NS(=O)(=O)c2cccc(Nc3ccc4c(ccn4C)c3)n2)C(C)(C)C1. The summed E-state index contributed by atoms with van der Waals surface area (Å²) in [6.07, 6.45) is 4.54. The van der Waals surface area contributed by atoms with E-state index in [-0.39, 0.29) is 16.1 Å². The van der Waals surface area contributed by atoms with Gasteiger partial charge in [0, 0.05) is 48.1 Å². The van der Waals surface area contributed by atoms with Gasteiger partial charge in [0.1, 0.15) is 11.6 Å². The van der Waals surface area contributed by atoms with Gasteiger partial charge in [-0.05, 0) is 74.7 Å². The first-order valence-electron chi connectivity index (χ1n) is 12.1. The number of amides is 1. The molecule has 3 aromatic heterocycles. The number of hydrogen-bond donors (Lipinski definition) is 2. The largest absolute Gasteiger partial charge is 0.351 e. The minimum absolute atomic E-state index is 0.202. The molecule has 0 radical (unpaired) electrons. The Bertz CT molecular complexity index is 1590. The van der Waals surface area contributed by atoms with Gasteiger partial charge < -0.3 is 14.8 Å². The van der Waals surface area contributed by atoms with Gasteiger partial charge in [0.25, 0.3) is 15.9 Å². The van der Waals surface area contributed by atoms with Crippen LogP contribution in [0.3, 0.4) is 0 Å². The molecule has 1 saturated heterocycles. The second kappa shape index (κ2) is 9.19. The van der Waals surface area contributed by atoms with Gasteiger partial charge in [0.15, 0.2) is 5.03 Å². The van der Waals surface area contributed by atoms with Crippen LogP contribution in [-0.4, -0.2) is 40.9 Å². The van der Waals surface area contributed by atoms with Gasteiger partial charge in [0.05, 0.1) is 5.56 Å². The number of anilines is 3. The van der Waals surface area contributed by atoms with Crippen LogP contribution in [0.1, 0.15) is 37.6 Å². The van der Waals surface area contributed by atoms with Crippen molar-refractivity contribution in [3.05, 3.63) is 72.6 Å². The molecule has 0 bridgehead atoms. The molecule has 2 N–H and O–H groups in total. The van der Waals surface area contributed by atoms with Gasteiger partial charge in [-0.3, -0.25) is 4.79 Å². The fourth-order valence-electron chi connectivity index (χ4n) is 5.12. The molecule has 9 nitrogen and oxygen atoms in total. The van der Waals surface area contributed by atoms with Crippen LogP contribution in [0.25, 0.3) is 10.9 Å². The van der Waals surface area contributed by atoms with Crippen LogP contribution >= 0.6 is 0 Å². The Morgan fingerprint density at radius 2 is 1.92 bits per heavy atom. The van der Waals surface area contributed by atoms with Gasteiger partial charge >= 0.3 is 0 Å². The summed E-state index contributed by atoms with van der Waals surface area (Å²) in [5, 5.41) is 3.94. The summed E-state index contributed by atoms with van der Waals surface area (Å²) in [6.45, 7) is 7.09. The van der Waals surface area contributed by atoms with E-state index >= 15 is 0 Å². The number of aryl methyl sites for hydroxylation is 1. The molecule has 0 aliphatic carbocycles. The molecule has 1 unspecified atom stereocenters. The Hall–Kier alpha value is -3.92. The highest BCUT2D eigenvalue weighted by atomic mass is 32.2. The second-order valence-electron chi connectivity index (χ2n) is 10.2. The van der Waals surface area contributed by atoms with Crippen LogP contribution in [0.4, 0.5) is 17.3 Å². The van der Waals surface area contributed by atoms with Crippen LogP contribution in [-0.2, 0) is 17.1 Å². The molecule has 0 spiro atoms. The molecule has 1 aliphatic heterocycles. The predicted octanol–water partition coefficient (Wildman–Crippen LogP) is 4.46. The molecule has 192 valence electrons. The van der Waals surface area contributed by atoms with Crippen molar-refractivity contribution in [2.75, 3.05) is 16.8 Å². The molecule has 4 heterocycles. The van der Waals surface area contributed by atoms with Crippen molar-refractivity contribution in [1.82, 2.24) is 19.3 Å². The maximum Gasteiger partial charge on any atom is 0.281 e. The van der Waals surface area contributed by atoms with Gasteiger partial charge in [-0.15, -0.1) is 0 Å². The quantitative estimate of drug-likeness (QED) is 0.388. The van der Waals surface area contributed by atoms with Crippen molar-refractivity contribution in [2.45, 2.75) is 37.8 Å². The van der Waals surface area contributed by atoms with E-state index in [9.17, 15) is 13.2 Å². The Morgan fingerprint density at radius 3 is 2.68 bits per heavy atom. The highest BCUT2D eigenvalue weighted by molar-refractivity contribution is 7.90. The Labute approximate surface area is 216 Å². The summed E-state index contributed by atoms with van der Waals surface area (Å²) in [7, 11) is -2.26. The van der Waals surface area contributed by atoms with E-state index in [2.05, 4.69) is 45.7 Å². The molecular formula is C27H30N6O3S. The van der Waals surface area contributed by atoms with Crippen molar-refractivity contribution in [3.8, 4) is 0 Å². The maximum atomic E-state index is 13.2. The monoisotopic (exact) mass is 518 g/mol. The predicted molar refractivity (Wildman–Crippen MR) is 145 cm³/mol. The number of pyridine rings is 2. The molecule has 37 heavy (non-hydrogen) atoms. The maximum absolute atomic E-state index is 13.2. The van der Waals surface area contributed by atoms with Gasteiger partial charge in [0.2, 0.25) is 0 Å². The lowest BCUT2D eigenvalue weighted by atomic mass is 9.97. The van der Waals surface area contributed by atoms with Crippen LogP contribution in [0.5, 0.6) is 0 Å². The molecule has 1 amide bonds. The van der Waals surface area contributed by atoms with E-state index in [1.54, 1.807) is 30.5 Å². The summed E-state index contributed by atoms with van der Waals surface area (Å²) in [6, 6.07) is 15.7. The molecule has 1 aliphatic rings. The number of nitrogens with one attached hydrogen (secondary N) is 2. The zero-order chi connectivity index (χ0) is 26.4. The molecule has 1 aromatic carbocycles. The summed E-state index contributed by atoms with van der Waals surface area (Å²) in [5.41, 5.74) is 1.86. The van der Waals surface area contributed by atoms with Crippen LogP contribution in [0.15, 0.2) is 72.0 Å². The lowest BCUT2D eigenvalue weighted by molar-refractivity contribution is 0.0981. The lowest BCUT2D eigenvalue weighted by Crippen LogP contribution is -2.41.